The molecule has 0 aromatic heterocycles. The Bertz CT molecular complexity index is 711. The Balaban J connectivity index is 2.15. The molecule has 1 amide bonds. The number of rotatable bonds is 4. The Hall–Kier alpha value is -2.04. The number of nitro benzene ring substituents is 1. The Morgan fingerprint density at radius 3 is 2.43 bits per heavy atom. The highest BCUT2D eigenvalue weighted by Gasteiger charge is 2.31. The van der Waals surface area contributed by atoms with E-state index in [0.717, 1.165) is 6.07 Å². The number of non-ortho nitro benzene ring substituents is 1. The zero-order valence-corrected chi connectivity index (χ0v) is 13.4. The third-order valence-electron chi connectivity index (χ3n) is 3.61. The van der Waals surface area contributed by atoms with Gasteiger partial charge in [0.25, 0.3) is 5.69 Å². The highest BCUT2D eigenvalue weighted by Crippen LogP contribution is 2.22. The average Bonchev–Trinajstić information content (AvgIpc) is 2.54. The van der Waals surface area contributed by atoms with Crippen molar-refractivity contribution in [3.8, 4) is 0 Å². The summed E-state index contributed by atoms with van der Waals surface area (Å²) in [6.45, 7) is 2.32. The zero-order valence-electron chi connectivity index (χ0n) is 12.6. The number of hydrogen-bond donors (Lipinski definition) is 1. The van der Waals surface area contributed by atoms with Crippen molar-refractivity contribution in [2.24, 2.45) is 5.73 Å². The molecule has 1 heterocycles. The minimum absolute atomic E-state index is 0.126. The van der Waals surface area contributed by atoms with Gasteiger partial charge in [0, 0.05) is 38.3 Å². The molecule has 1 aromatic rings. The number of nitrogens with zero attached hydrogens (tertiary/aromatic N) is 3. The van der Waals surface area contributed by atoms with Gasteiger partial charge in [-0.25, -0.2) is 8.42 Å². The van der Waals surface area contributed by atoms with Crippen molar-refractivity contribution >= 4 is 21.6 Å². The van der Waals surface area contributed by atoms with Gasteiger partial charge in [0.2, 0.25) is 15.9 Å². The predicted molar refractivity (Wildman–Crippen MR) is 82.1 cm³/mol. The van der Waals surface area contributed by atoms with E-state index >= 15 is 0 Å². The molecule has 1 aliphatic rings. The van der Waals surface area contributed by atoms with Crippen LogP contribution in [-0.4, -0.2) is 60.7 Å². The summed E-state index contributed by atoms with van der Waals surface area (Å²) in [5.74, 6) is -0.225. The molecule has 2 rings (SSSR count). The van der Waals surface area contributed by atoms with Crippen molar-refractivity contribution < 1.29 is 18.1 Å². The Morgan fingerprint density at radius 1 is 1.30 bits per heavy atom. The number of amides is 1. The van der Waals surface area contributed by atoms with Gasteiger partial charge in [-0.15, -0.1) is 0 Å². The molecule has 9 nitrogen and oxygen atoms in total. The lowest BCUT2D eigenvalue weighted by atomic mass is 10.2. The Labute approximate surface area is 133 Å². The molecule has 0 saturated carbocycles. The molecule has 2 N–H and O–H groups in total. The van der Waals surface area contributed by atoms with E-state index in [1.807, 2.05) is 0 Å². The van der Waals surface area contributed by atoms with Crippen LogP contribution < -0.4 is 5.73 Å². The fourth-order valence-electron chi connectivity index (χ4n) is 2.34. The third-order valence-corrected chi connectivity index (χ3v) is 5.50. The maximum atomic E-state index is 12.5. The van der Waals surface area contributed by atoms with Gasteiger partial charge < -0.3 is 10.6 Å². The molecule has 23 heavy (non-hydrogen) atoms. The minimum Gasteiger partial charge on any atom is -0.339 e. The van der Waals surface area contributed by atoms with E-state index in [1.165, 1.54) is 27.4 Å². The molecule has 10 heteroatoms. The molecule has 126 valence electrons. The summed E-state index contributed by atoms with van der Waals surface area (Å²) in [5.41, 5.74) is 5.26. The molecule has 1 atom stereocenters. The topological polar surface area (TPSA) is 127 Å². The summed E-state index contributed by atoms with van der Waals surface area (Å²) in [6, 6.07) is 4.30. The van der Waals surface area contributed by atoms with E-state index in [2.05, 4.69) is 0 Å². The summed E-state index contributed by atoms with van der Waals surface area (Å²) in [5, 5.41) is 10.8. The van der Waals surface area contributed by atoms with Crippen LogP contribution in [0.25, 0.3) is 0 Å². The third kappa shape index (κ3) is 3.66. The number of carbonyl (C=O) groups is 1. The second-order valence-corrected chi connectivity index (χ2v) is 7.21. The second-order valence-electron chi connectivity index (χ2n) is 5.27. The van der Waals surface area contributed by atoms with Gasteiger partial charge >= 0.3 is 0 Å². The standard InChI is InChI=1S/C13H18N4O5S/c1-10(14)13(18)15-5-7-16(8-6-15)23(21,22)12-4-2-3-11(9-12)17(19)20/h2-4,9-10H,5-8,14H2,1H3. The van der Waals surface area contributed by atoms with E-state index in [0.29, 0.717) is 0 Å². The molecule has 1 aromatic carbocycles. The van der Waals surface area contributed by atoms with Crippen LogP contribution in [0.5, 0.6) is 0 Å². The van der Waals surface area contributed by atoms with E-state index in [9.17, 15) is 23.3 Å². The molecular formula is C13H18N4O5S. The van der Waals surface area contributed by atoms with E-state index < -0.39 is 21.0 Å². The van der Waals surface area contributed by atoms with Gasteiger partial charge in [-0.2, -0.15) is 4.31 Å². The first-order valence-electron chi connectivity index (χ1n) is 7.02. The minimum atomic E-state index is -3.83. The van der Waals surface area contributed by atoms with Crippen molar-refractivity contribution in [2.45, 2.75) is 17.9 Å². The quantitative estimate of drug-likeness (QED) is 0.595. The summed E-state index contributed by atoms with van der Waals surface area (Å²) in [6.07, 6.45) is 0. The predicted octanol–water partition coefficient (Wildman–Crippen LogP) is -0.225. The molecular weight excluding hydrogens is 324 g/mol. The van der Waals surface area contributed by atoms with Crippen LogP contribution in [0, 0.1) is 10.1 Å². The highest BCUT2D eigenvalue weighted by molar-refractivity contribution is 7.89. The van der Waals surface area contributed by atoms with Crippen molar-refractivity contribution in [1.82, 2.24) is 9.21 Å². The van der Waals surface area contributed by atoms with Crippen LogP contribution in [-0.2, 0) is 14.8 Å². The van der Waals surface area contributed by atoms with Crippen molar-refractivity contribution in [3.05, 3.63) is 34.4 Å². The highest BCUT2D eigenvalue weighted by atomic mass is 32.2. The van der Waals surface area contributed by atoms with Crippen molar-refractivity contribution in [1.29, 1.82) is 0 Å². The number of sulfonamides is 1. The van der Waals surface area contributed by atoms with Gasteiger partial charge in [0.15, 0.2) is 0 Å². The van der Waals surface area contributed by atoms with E-state index in [4.69, 9.17) is 5.73 Å². The smallest absolute Gasteiger partial charge is 0.270 e. The largest absolute Gasteiger partial charge is 0.339 e. The lowest BCUT2D eigenvalue weighted by Gasteiger charge is -2.34. The lowest BCUT2D eigenvalue weighted by Crippen LogP contribution is -2.53. The van der Waals surface area contributed by atoms with E-state index in [-0.39, 0.29) is 42.7 Å². The second kappa shape index (κ2) is 6.60. The molecule has 1 saturated heterocycles. The van der Waals surface area contributed by atoms with Crippen LogP contribution in [0.3, 0.4) is 0 Å². The monoisotopic (exact) mass is 342 g/mol. The number of hydrogen-bond acceptors (Lipinski definition) is 6. The van der Waals surface area contributed by atoms with Gasteiger partial charge in [0.1, 0.15) is 0 Å². The zero-order chi connectivity index (χ0) is 17.2. The summed E-state index contributed by atoms with van der Waals surface area (Å²) >= 11 is 0. The van der Waals surface area contributed by atoms with E-state index in [1.54, 1.807) is 6.92 Å². The SMILES string of the molecule is CC(N)C(=O)N1CCN(S(=O)(=O)c2cccc([N+](=O)[O-])c2)CC1. The van der Waals surface area contributed by atoms with Crippen molar-refractivity contribution in [2.75, 3.05) is 26.2 Å². The first kappa shape index (κ1) is 17.3. The van der Waals surface area contributed by atoms with Crippen LogP contribution in [0.2, 0.25) is 0 Å². The number of nitrogens with two attached hydrogens (primary N) is 1. The van der Waals surface area contributed by atoms with Gasteiger partial charge in [-0.1, -0.05) is 6.07 Å². The molecule has 0 bridgehead atoms. The summed E-state index contributed by atoms with van der Waals surface area (Å²) < 4.78 is 26.3. The first-order valence-corrected chi connectivity index (χ1v) is 8.46. The lowest BCUT2D eigenvalue weighted by molar-refractivity contribution is -0.385. The number of benzene rings is 1. The number of piperazine rings is 1. The molecule has 1 fully saturated rings. The van der Waals surface area contributed by atoms with Gasteiger partial charge in [-0.3, -0.25) is 14.9 Å². The number of carbonyl (C=O) groups excluding carboxylic acids is 1. The Morgan fingerprint density at radius 2 is 1.91 bits per heavy atom. The number of nitro groups is 1. The fourth-order valence-corrected chi connectivity index (χ4v) is 3.81. The molecule has 0 spiro atoms. The maximum Gasteiger partial charge on any atom is 0.270 e. The Kier molecular flexibility index (Phi) is 4.97. The normalized spacial score (nSPS) is 17.7. The molecule has 1 unspecified atom stereocenters. The van der Waals surface area contributed by atoms with Crippen LogP contribution in [0.4, 0.5) is 5.69 Å². The van der Waals surface area contributed by atoms with Crippen molar-refractivity contribution in [3.63, 3.8) is 0 Å². The van der Waals surface area contributed by atoms with Crippen LogP contribution in [0.1, 0.15) is 6.92 Å². The molecule has 1 aliphatic heterocycles. The fraction of sp³-hybridized carbons (Fsp3) is 0.462. The van der Waals surface area contributed by atoms with Crippen LogP contribution >= 0.6 is 0 Å². The summed E-state index contributed by atoms with van der Waals surface area (Å²) in [7, 11) is -3.83. The molecule has 0 radical (unpaired) electrons. The summed E-state index contributed by atoms with van der Waals surface area (Å²) in [4.78, 5) is 23.3. The van der Waals surface area contributed by atoms with Crippen LogP contribution in [0.15, 0.2) is 29.2 Å². The molecule has 0 aliphatic carbocycles. The van der Waals surface area contributed by atoms with Gasteiger partial charge in [-0.05, 0) is 13.0 Å². The first-order chi connectivity index (χ1) is 10.7. The average molecular weight is 342 g/mol. The van der Waals surface area contributed by atoms with Gasteiger partial charge in [0.05, 0.1) is 15.9 Å². The maximum absolute atomic E-state index is 12.5.